The monoisotopic (exact) mass is 449 g/mol. The maximum absolute atomic E-state index is 13.9. The summed E-state index contributed by atoms with van der Waals surface area (Å²) in [5.74, 6) is -3.83. The van der Waals surface area contributed by atoms with Gasteiger partial charge in [0.15, 0.2) is 11.6 Å². The Labute approximate surface area is 182 Å². The predicted molar refractivity (Wildman–Crippen MR) is 111 cm³/mol. The lowest BCUT2D eigenvalue weighted by atomic mass is 9.97. The van der Waals surface area contributed by atoms with Gasteiger partial charge in [0.05, 0.1) is 0 Å². The second-order valence-corrected chi connectivity index (χ2v) is 7.81. The van der Waals surface area contributed by atoms with Gasteiger partial charge < -0.3 is 15.6 Å². The SMILES string of the molecule is N[C@@H](CC(=O)N1CCCNC([C+]=O)[C@H]1Cc1ccc[nH]c1=O)Cc1cc(F)c(F)cc1F. The molecule has 3 rings (SSSR count). The molecule has 1 saturated heterocycles. The summed E-state index contributed by atoms with van der Waals surface area (Å²) in [4.78, 5) is 40.8. The van der Waals surface area contributed by atoms with Gasteiger partial charge in [-0.05, 0) is 30.5 Å². The third kappa shape index (κ3) is 5.59. The largest absolute Gasteiger partial charge is 0.528 e. The zero-order valence-corrected chi connectivity index (χ0v) is 17.2. The minimum Gasteiger partial charge on any atom is -0.332 e. The van der Waals surface area contributed by atoms with Crippen LogP contribution in [0.4, 0.5) is 13.2 Å². The minimum absolute atomic E-state index is 0.127. The van der Waals surface area contributed by atoms with Gasteiger partial charge in [0.25, 0.3) is 11.6 Å². The molecule has 32 heavy (non-hydrogen) atoms. The Morgan fingerprint density at radius 1 is 1.22 bits per heavy atom. The van der Waals surface area contributed by atoms with Crippen LogP contribution in [0.1, 0.15) is 24.0 Å². The summed E-state index contributed by atoms with van der Waals surface area (Å²) >= 11 is 0. The summed E-state index contributed by atoms with van der Waals surface area (Å²) in [5.41, 5.74) is 5.98. The Kier molecular flexibility index (Phi) is 7.74. The zero-order valence-electron chi connectivity index (χ0n) is 17.2. The molecule has 1 unspecified atom stereocenters. The van der Waals surface area contributed by atoms with E-state index in [-0.39, 0.29) is 36.3 Å². The summed E-state index contributed by atoms with van der Waals surface area (Å²) in [5, 5.41) is 3.03. The Bertz CT molecular complexity index is 1030. The second-order valence-electron chi connectivity index (χ2n) is 7.81. The summed E-state index contributed by atoms with van der Waals surface area (Å²) in [6.45, 7) is 0.809. The van der Waals surface area contributed by atoms with Crippen molar-refractivity contribution < 1.29 is 22.8 Å². The van der Waals surface area contributed by atoms with Crippen molar-refractivity contribution in [3.63, 3.8) is 0 Å². The van der Waals surface area contributed by atoms with Gasteiger partial charge in [0.1, 0.15) is 11.9 Å². The number of nitrogens with zero attached hydrogens (tertiary/aromatic N) is 1. The highest BCUT2D eigenvalue weighted by molar-refractivity contribution is 5.78. The van der Waals surface area contributed by atoms with Crippen molar-refractivity contribution in [1.82, 2.24) is 15.2 Å². The van der Waals surface area contributed by atoms with Crippen molar-refractivity contribution in [2.75, 3.05) is 13.1 Å². The molecule has 1 fully saturated rings. The van der Waals surface area contributed by atoms with Crippen molar-refractivity contribution in [2.45, 2.75) is 43.8 Å². The lowest BCUT2D eigenvalue weighted by Gasteiger charge is -2.30. The number of benzene rings is 1. The van der Waals surface area contributed by atoms with Crippen LogP contribution in [0.15, 0.2) is 35.3 Å². The molecule has 7 nitrogen and oxygen atoms in total. The van der Waals surface area contributed by atoms with E-state index in [9.17, 15) is 27.6 Å². The Morgan fingerprint density at radius 3 is 2.69 bits per heavy atom. The molecular weight excluding hydrogens is 425 g/mol. The van der Waals surface area contributed by atoms with Gasteiger partial charge in [-0.3, -0.25) is 14.9 Å². The summed E-state index contributed by atoms with van der Waals surface area (Å²) < 4.78 is 40.5. The highest BCUT2D eigenvalue weighted by atomic mass is 19.2. The van der Waals surface area contributed by atoms with Crippen LogP contribution < -0.4 is 16.6 Å². The first kappa shape index (κ1) is 23.6. The number of hydrogen-bond donors (Lipinski definition) is 3. The molecule has 2 heterocycles. The first-order valence-corrected chi connectivity index (χ1v) is 10.3. The predicted octanol–water partition coefficient (Wildman–Crippen LogP) is 0.964. The average molecular weight is 449 g/mol. The molecule has 10 heteroatoms. The summed E-state index contributed by atoms with van der Waals surface area (Å²) in [6, 6.07) is 2.10. The third-order valence-electron chi connectivity index (χ3n) is 5.51. The van der Waals surface area contributed by atoms with Crippen molar-refractivity contribution in [1.29, 1.82) is 0 Å². The van der Waals surface area contributed by atoms with Crippen molar-refractivity contribution in [3.8, 4) is 0 Å². The fourth-order valence-corrected chi connectivity index (χ4v) is 3.91. The van der Waals surface area contributed by atoms with Gasteiger partial charge in [-0.15, -0.1) is 0 Å². The summed E-state index contributed by atoms with van der Waals surface area (Å²) in [6.07, 6.45) is 3.71. The smallest absolute Gasteiger partial charge is 0.332 e. The lowest BCUT2D eigenvalue weighted by Crippen LogP contribution is -2.53. The first-order valence-electron chi connectivity index (χ1n) is 10.3. The molecule has 0 spiro atoms. The van der Waals surface area contributed by atoms with E-state index >= 15 is 0 Å². The van der Waals surface area contributed by atoms with Crippen molar-refractivity contribution in [3.05, 3.63) is 69.4 Å². The third-order valence-corrected chi connectivity index (χ3v) is 5.51. The van der Waals surface area contributed by atoms with Crippen LogP contribution in [0.5, 0.6) is 0 Å². The van der Waals surface area contributed by atoms with E-state index in [0.29, 0.717) is 31.1 Å². The fraction of sp³-hybridized carbons (Fsp3) is 0.409. The Balaban J connectivity index is 1.77. The average Bonchev–Trinajstić information content (AvgIpc) is 2.95. The number of aromatic amines is 1. The molecule has 0 bridgehead atoms. The number of rotatable bonds is 7. The van der Waals surface area contributed by atoms with E-state index in [1.54, 1.807) is 12.1 Å². The maximum Gasteiger partial charge on any atom is 0.528 e. The number of nitrogens with two attached hydrogens (primary N) is 1. The normalized spacial score (nSPS) is 19.8. The van der Waals surface area contributed by atoms with Crippen LogP contribution in [0.25, 0.3) is 0 Å². The number of H-pyrrole nitrogens is 1. The molecular formula is C22H24F3N4O3+. The van der Waals surface area contributed by atoms with E-state index in [1.807, 2.05) is 6.29 Å². The molecule has 1 aromatic carbocycles. The van der Waals surface area contributed by atoms with Gasteiger partial charge >= 0.3 is 6.29 Å². The Hall–Kier alpha value is -3.07. The molecule has 1 amide bonds. The number of halogens is 3. The van der Waals surface area contributed by atoms with E-state index in [1.165, 1.54) is 11.1 Å². The number of amides is 1. The van der Waals surface area contributed by atoms with E-state index < -0.39 is 35.6 Å². The number of carbonyl (C=O) groups excluding carboxylic acids is 2. The number of aromatic nitrogens is 1. The molecule has 0 aliphatic carbocycles. The van der Waals surface area contributed by atoms with Crippen LogP contribution in [0.3, 0.4) is 0 Å². The van der Waals surface area contributed by atoms with Crippen LogP contribution in [0, 0.1) is 17.5 Å². The maximum atomic E-state index is 13.9. The van der Waals surface area contributed by atoms with E-state index in [4.69, 9.17) is 5.73 Å². The fourth-order valence-electron chi connectivity index (χ4n) is 3.91. The van der Waals surface area contributed by atoms with Crippen molar-refractivity contribution in [2.24, 2.45) is 5.73 Å². The molecule has 3 atom stereocenters. The standard InChI is InChI=1S/C22H23F3N4O3/c23-16-11-18(25)17(24)8-14(16)7-15(26)10-21(31)29-6-2-5-27-19(12-30)20(29)9-13-3-1-4-28-22(13)32/h1,3-4,8,11,15,19-20,27H,2,5-7,9-10,26H2/p+1/t15-,19?,20-/m1/s1. The second kappa shape index (κ2) is 10.5. The summed E-state index contributed by atoms with van der Waals surface area (Å²) in [7, 11) is 0. The van der Waals surface area contributed by atoms with Crippen molar-refractivity contribution >= 4 is 12.2 Å². The topological polar surface area (TPSA) is 108 Å². The van der Waals surface area contributed by atoms with Gasteiger partial charge in [-0.25, -0.2) is 13.2 Å². The highest BCUT2D eigenvalue weighted by Gasteiger charge is 2.41. The molecule has 1 aliphatic rings. The highest BCUT2D eigenvalue weighted by Crippen LogP contribution is 2.18. The lowest BCUT2D eigenvalue weighted by molar-refractivity contribution is -0.133. The number of nitrogens with one attached hydrogen (secondary N) is 2. The van der Waals surface area contributed by atoms with Crippen LogP contribution in [-0.2, 0) is 22.4 Å². The molecule has 2 aromatic rings. The number of hydrogen-bond acceptors (Lipinski definition) is 5. The number of pyridine rings is 1. The molecule has 170 valence electrons. The molecule has 1 aromatic heterocycles. The molecule has 4 N–H and O–H groups in total. The Morgan fingerprint density at radius 2 is 1.97 bits per heavy atom. The number of carbonyl (C=O) groups is 1. The van der Waals surface area contributed by atoms with Gasteiger partial charge in [-0.2, -0.15) is 0 Å². The quantitative estimate of drug-likeness (QED) is 0.431. The van der Waals surface area contributed by atoms with Gasteiger partial charge in [-0.1, -0.05) is 6.07 Å². The minimum atomic E-state index is -1.30. The van der Waals surface area contributed by atoms with E-state index in [2.05, 4.69) is 10.3 Å². The molecule has 0 saturated carbocycles. The van der Waals surface area contributed by atoms with Gasteiger partial charge in [0, 0.05) is 54.6 Å². The molecule has 0 radical (unpaired) electrons. The van der Waals surface area contributed by atoms with Crippen LogP contribution in [0.2, 0.25) is 0 Å². The zero-order chi connectivity index (χ0) is 23.3. The first-order chi connectivity index (χ1) is 15.3. The van der Waals surface area contributed by atoms with Gasteiger partial charge in [0.2, 0.25) is 5.91 Å². The van der Waals surface area contributed by atoms with Crippen LogP contribution >= 0.6 is 0 Å². The molecule has 1 aliphatic heterocycles. The van der Waals surface area contributed by atoms with Crippen LogP contribution in [-0.4, -0.2) is 53.3 Å². The van der Waals surface area contributed by atoms with E-state index in [0.717, 1.165) is 6.07 Å².